The highest BCUT2D eigenvalue weighted by molar-refractivity contribution is 6.30. The van der Waals surface area contributed by atoms with Gasteiger partial charge in [-0.15, -0.1) is 0 Å². The molecule has 1 saturated heterocycles. The molecule has 2 heterocycles. The van der Waals surface area contributed by atoms with Crippen LogP contribution < -0.4 is 9.47 Å². The Kier molecular flexibility index (Phi) is 7.65. The predicted molar refractivity (Wildman–Crippen MR) is 122 cm³/mol. The molecule has 1 aliphatic rings. The Morgan fingerprint density at radius 3 is 2.75 bits per heavy atom. The minimum atomic E-state index is -1.11. The molecule has 0 saturated carbocycles. The maximum atomic E-state index is 11.1. The van der Waals surface area contributed by atoms with E-state index in [1.165, 1.54) is 0 Å². The second-order valence-electron chi connectivity index (χ2n) is 8.00. The quantitative estimate of drug-likeness (QED) is 0.532. The molecule has 0 amide bonds. The fourth-order valence-corrected chi connectivity index (χ4v) is 3.86. The molecule has 1 aromatic heterocycles. The highest BCUT2D eigenvalue weighted by atomic mass is 35.5. The fraction of sp³-hybridized carbons (Fsp3) is 0.375. The predicted octanol–water partition coefficient (Wildman–Crippen LogP) is 3.26. The SMILES string of the molecule is O[C@@]1(COc2cccc(Cl)c2)COCCN(Cc2cccc(OCCn3cccn3)c2)C1. The van der Waals surface area contributed by atoms with Gasteiger partial charge in [0, 0.05) is 37.1 Å². The Hall–Kier alpha value is -2.58. The van der Waals surface area contributed by atoms with Crippen molar-refractivity contribution in [3.63, 3.8) is 0 Å². The zero-order valence-electron chi connectivity index (χ0n) is 17.9. The van der Waals surface area contributed by atoms with E-state index >= 15 is 0 Å². The Balaban J connectivity index is 1.32. The van der Waals surface area contributed by atoms with Crippen molar-refractivity contribution in [3.05, 3.63) is 77.6 Å². The molecule has 0 unspecified atom stereocenters. The fourth-order valence-electron chi connectivity index (χ4n) is 3.68. The number of rotatable bonds is 9. The van der Waals surface area contributed by atoms with E-state index in [9.17, 15) is 5.11 Å². The van der Waals surface area contributed by atoms with Crippen molar-refractivity contribution < 1.29 is 19.3 Å². The molecule has 7 nitrogen and oxygen atoms in total. The summed E-state index contributed by atoms with van der Waals surface area (Å²) in [6.07, 6.45) is 3.67. The Morgan fingerprint density at radius 1 is 1.09 bits per heavy atom. The van der Waals surface area contributed by atoms with E-state index in [1.54, 1.807) is 18.3 Å². The van der Waals surface area contributed by atoms with Crippen molar-refractivity contribution in [2.24, 2.45) is 0 Å². The number of aliphatic hydroxyl groups is 1. The van der Waals surface area contributed by atoms with Crippen LogP contribution in [0.1, 0.15) is 5.56 Å². The number of halogens is 1. The summed E-state index contributed by atoms with van der Waals surface area (Å²) in [6.45, 7) is 3.99. The third kappa shape index (κ3) is 6.71. The van der Waals surface area contributed by atoms with Crippen LogP contribution in [0.25, 0.3) is 0 Å². The van der Waals surface area contributed by atoms with Crippen LogP contribution in [0.5, 0.6) is 11.5 Å². The summed E-state index contributed by atoms with van der Waals surface area (Å²) in [5.74, 6) is 1.45. The van der Waals surface area contributed by atoms with Gasteiger partial charge in [0.15, 0.2) is 0 Å². The Labute approximate surface area is 193 Å². The second-order valence-corrected chi connectivity index (χ2v) is 8.44. The Morgan fingerprint density at radius 2 is 1.94 bits per heavy atom. The van der Waals surface area contributed by atoms with Gasteiger partial charge in [0.25, 0.3) is 0 Å². The smallest absolute Gasteiger partial charge is 0.134 e. The first-order valence-corrected chi connectivity index (χ1v) is 11.1. The molecule has 32 heavy (non-hydrogen) atoms. The number of ether oxygens (including phenoxy) is 3. The topological polar surface area (TPSA) is 69.0 Å². The van der Waals surface area contributed by atoms with Gasteiger partial charge in [0.2, 0.25) is 0 Å². The normalized spacial score (nSPS) is 19.4. The number of benzene rings is 2. The maximum Gasteiger partial charge on any atom is 0.134 e. The van der Waals surface area contributed by atoms with Gasteiger partial charge >= 0.3 is 0 Å². The average molecular weight is 458 g/mol. The molecular formula is C24H28ClN3O4. The van der Waals surface area contributed by atoms with Gasteiger partial charge in [0.05, 0.1) is 19.8 Å². The second kappa shape index (κ2) is 10.8. The lowest BCUT2D eigenvalue weighted by molar-refractivity contribution is -0.0646. The number of hydrogen-bond acceptors (Lipinski definition) is 6. The standard InChI is InChI=1S/C24H28ClN3O4/c25-21-5-2-7-23(15-21)32-19-24(29)17-27(10-12-30-18-24)16-20-4-1-6-22(14-20)31-13-11-28-9-3-8-26-28/h1-9,14-15,29H,10-13,16-19H2/t24-/m1/s1. The molecule has 3 aromatic rings. The molecule has 4 rings (SSSR count). The van der Waals surface area contributed by atoms with Gasteiger partial charge in [-0.2, -0.15) is 5.10 Å². The molecule has 1 N–H and O–H groups in total. The summed E-state index contributed by atoms with van der Waals surface area (Å²) < 4.78 is 19.2. The molecule has 1 fully saturated rings. The third-order valence-corrected chi connectivity index (χ3v) is 5.43. The summed E-state index contributed by atoms with van der Waals surface area (Å²) >= 11 is 6.02. The molecule has 0 aliphatic carbocycles. The molecule has 170 valence electrons. The highest BCUT2D eigenvalue weighted by Gasteiger charge is 2.33. The van der Waals surface area contributed by atoms with Crippen molar-refractivity contribution in [3.8, 4) is 11.5 Å². The van der Waals surface area contributed by atoms with Gasteiger partial charge < -0.3 is 19.3 Å². The van der Waals surface area contributed by atoms with Crippen LogP contribution in [0, 0.1) is 0 Å². The monoisotopic (exact) mass is 457 g/mol. The van der Waals surface area contributed by atoms with Crippen LogP contribution in [0.4, 0.5) is 0 Å². The van der Waals surface area contributed by atoms with E-state index in [1.807, 2.05) is 47.3 Å². The third-order valence-electron chi connectivity index (χ3n) is 5.20. The van der Waals surface area contributed by atoms with E-state index in [2.05, 4.69) is 16.1 Å². The average Bonchev–Trinajstić information content (AvgIpc) is 3.22. The first-order chi connectivity index (χ1) is 15.6. The van der Waals surface area contributed by atoms with Crippen LogP contribution in [0.3, 0.4) is 0 Å². The first-order valence-electron chi connectivity index (χ1n) is 10.7. The van der Waals surface area contributed by atoms with Crippen molar-refractivity contribution in [1.82, 2.24) is 14.7 Å². The summed E-state index contributed by atoms with van der Waals surface area (Å²) in [5.41, 5.74) is -0.00180. The molecule has 0 spiro atoms. The van der Waals surface area contributed by atoms with Crippen LogP contribution in [-0.4, -0.2) is 64.9 Å². The van der Waals surface area contributed by atoms with Gasteiger partial charge in [0.1, 0.15) is 30.3 Å². The van der Waals surface area contributed by atoms with E-state index in [0.29, 0.717) is 43.6 Å². The van der Waals surface area contributed by atoms with E-state index < -0.39 is 5.60 Å². The van der Waals surface area contributed by atoms with Crippen molar-refractivity contribution in [2.45, 2.75) is 18.7 Å². The minimum Gasteiger partial charge on any atom is -0.492 e. The molecule has 1 aliphatic heterocycles. The number of β-amino-alcohol motifs (C(OH)–C–C–N with tert-alkyl or cyclic N) is 1. The lowest BCUT2D eigenvalue weighted by Gasteiger charge is -2.30. The van der Waals surface area contributed by atoms with Crippen LogP contribution in [0.15, 0.2) is 67.0 Å². The number of nitrogens with zero attached hydrogens (tertiary/aromatic N) is 3. The van der Waals surface area contributed by atoms with Crippen LogP contribution >= 0.6 is 11.6 Å². The zero-order valence-corrected chi connectivity index (χ0v) is 18.7. The summed E-state index contributed by atoms with van der Waals surface area (Å²) in [6, 6.07) is 17.1. The molecular weight excluding hydrogens is 430 g/mol. The van der Waals surface area contributed by atoms with Gasteiger partial charge in [-0.1, -0.05) is 29.8 Å². The lowest BCUT2D eigenvalue weighted by atomic mass is 10.1. The van der Waals surface area contributed by atoms with E-state index in [-0.39, 0.29) is 13.2 Å². The summed E-state index contributed by atoms with van der Waals surface area (Å²) in [5, 5.41) is 15.9. The van der Waals surface area contributed by atoms with Gasteiger partial charge in [-0.05, 0) is 42.0 Å². The molecule has 8 heteroatoms. The van der Waals surface area contributed by atoms with Crippen molar-refractivity contribution >= 4 is 11.6 Å². The summed E-state index contributed by atoms with van der Waals surface area (Å²) in [4.78, 5) is 2.18. The minimum absolute atomic E-state index is 0.125. The highest BCUT2D eigenvalue weighted by Crippen LogP contribution is 2.22. The van der Waals surface area contributed by atoms with E-state index in [0.717, 1.165) is 17.9 Å². The first kappa shape index (κ1) is 22.6. The Bertz CT molecular complexity index is 985. The zero-order chi connectivity index (χ0) is 22.2. The van der Waals surface area contributed by atoms with Gasteiger partial charge in [-0.3, -0.25) is 9.58 Å². The lowest BCUT2D eigenvalue weighted by Crippen LogP contribution is -2.48. The van der Waals surface area contributed by atoms with Crippen molar-refractivity contribution in [2.75, 3.05) is 39.5 Å². The largest absolute Gasteiger partial charge is 0.492 e. The molecule has 0 radical (unpaired) electrons. The molecule has 0 bridgehead atoms. The van der Waals surface area contributed by atoms with Gasteiger partial charge in [-0.25, -0.2) is 0 Å². The summed E-state index contributed by atoms with van der Waals surface area (Å²) in [7, 11) is 0. The number of hydrogen-bond donors (Lipinski definition) is 1. The molecule has 1 atom stereocenters. The molecule has 2 aromatic carbocycles. The van der Waals surface area contributed by atoms with Crippen LogP contribution in [0.2, 0.25) is 5.02 Å². The number of aromatic nitrogens is 2. The van der Waals surface area contributed by atoms with E-state index in [4.69, 9.17) is 25.8 Å². The van der Waals surface area contributed by atoms with Crippen LogP contribution in [-0.2, 0) is 17.8 Å². The maximum absolute atomic E-state index is 11.1. The van der Waals surface area contributed by atoms with Crippen molar-refractivity contribution in [1.29, 1.82) is 0 Å².